The Kier molecular flexibility index (Phi) is 9.26. The average Bonchev–Trinajstić information content (AvgIpc) is 2.54. The van der Waals surface area contributed by atoms with Crippen LogP contribution in [0.1, 0.15) is 45.1 Å². The zero-order valence-corrected chi connectivity index (χ0v) is 13.2. The van der Waals surface area contributed by atoms with Crippen molar-refractivity contribution in [2.75, 3.05) is 26.4 Å². The van der Waals surface area contributed by atoms with Crippen LogP contribution in [-0.2, 0) is 20.0 Å². The Morgan fingerprint density at radius 1 is 0.905 bits per heavy atom. The fraction of sp³-hybridized carbons (Fsp3) is 0.647. The number of hydrogen-bond acceptors (Lipinski definition) is 4. The van der Waals surface area contributed by atoms with Crippen molar-refractivity contribution in [2.45, 2.75) is 45.1 Å². The Balaban J connectivity index is 2.70. The van der Waals surface area contributed by atoms with Crippen LogP contribution in [0.5, 0.6) is 0 Å². The Labute approximate surface area is 128 Å². The highest BCUT2D eigenvalue weighted by Crippen LogP contribution is 2.26. The largest absolute Gasteiger partial charge is 0.378 e. The van der Waals surface area contributed by atoms with Crippen LogP contribution < -0.4 is 0 Å². The molecule has 0 bridgehead atoms. The Morgan fingerprint density at radius 2 is 1.43 bits per heavy atom. The molecule has 1 aromatic rings. The summed E-state index contributed by atoms with van der Waals surface area (Å²) in [4.78, 5) is 4.83. The van der Waals surface area contributed by atoms with Crippen LogP contribution in [0.3, 0.4) is 0 Å². The van der Waals surface area contributed by atoms with E-state index < -0.39 is 5.60 Å². The molecule has 0 aliphatic carbocycles. The quantitative estimate of drug-likeness (QED) is 0.360. The van der Waals surface area contributed by atoms with Gasteiger partial charge < -0.3 is 9.47 Å². The first-order valence-electron chi connectivity index (χ1n) is 7.82. The number of rotatable bonds is 12. The fourth-order valence-corrected chi connectivity index (χ4v) is 2.02. The zero-order valence-electron chi connectivity index (χ0n) is 13.2. The molecule has 0 saturated carbocycles. The van der Waals surface area contributed by atoms with E-state index in [1.807, 2.05) is 30.3 Å². The molecule has 0 aromatic heterocycles. The molecule has 0 aliphatic rings. The van der Waals surface area contributed by atoms with E-state index in [1.54, 1.807) is 0 Å². The minimum absolute atomic E-state index is 0.277. The molecule has 4 nitrogen and oxygen atoms in total. The molecule has 0 amide bonds. The Hall–Kier alpha value is -0.940. The maximum Gasteiger partial charge on any atom is 0.174 e. The van der Waals surface area contributed by atoms with Crippen molar-refractivity contribution in [1.29, 1.82) is 0 Å². The minimum atomic E-state index is -0.956. The second kappa shape index (κ2) is 10.7. The first kappa shape index (κ1) is 18.1. The number of hydrogen-bond donors (Lipinski definition) is 1. The number of unbranched alkanes of at least 4 members (excludes halogenated alkanes) is 2. The highest BCUT2D eigenvalue weighted by Gasteiger charge is 2.35. The molecule has 0 fully saturated rings. The molecule has 0 radical (unpaired) electrons. The molecule has 1 aromatic carbocycles. The molecule has 0 atom stereocenters. The van der Waals surface area contributed by atoms with Gasteiger partial charge in [-0.3, -0.25) is 5.26 Å². The molecule has 0 unspecified atom stereocenters. The lowest BCUT2D eigenvalue weighted by molar-refractivity contribution is -0.349. The summed E-state index contributed by atoms with van der Waals surface area (Å²) in [6, 6.07) is 9.61. The van der Waals surface area contributed by atoms with Crippen LogP contribution in [0, 0.1) is 0 Å². The molecular weight excluding hydrogens is 268 g/mol. The van der Waals surface area contributed by atoms with Crippen LogP contribution in [0.25, 0.3) is 0 Å². The van der Waals surface area contributed by atoms with Gasteiger partial charge in [-0.2, -0.15) is 0 Å². The van der Waals surface area contributed by atoms with Crippen LogP contribution in [-0.4, -0.2) is 31.7 Å². The van der Waals surface area contributed by atoms with Crippen molar-refractivity contribution in [1.82, 2.24) is 0 Å². The summed E-state index contributed by atoms with van der Waals surface area (Å²) in [5.74, 6) is 0. The third-order valence-electron chi connectivity index (χ3n) is 3.43. The smallest absolute Gasteiger partial charge is 0.174 e. The van der Waals surface area contributed by atoms with E-state index in [0.29, 0.717) is 13.2 Å². The topological polar surface area (TPSA) is 47.9 Å². The van der Waals surface area contributed by atoms with Crippen molar-refractivity contribution in [3.05, 3.63) is 35.9 Å². The molecule has 1 rings (SSSR count). The first-order valence-corrected chi connectivity index (χ1v) is 7.82. The van der Waals surface area contributed by atoms with E-state index in [2.05, 4.69) is 13.8 Å². The van der Waals surface area contributed by atoms with Gasteiger partial charge >= 0.3 is 0 Å². The van der Waals surface area contributed by atoms with Gasteiger partial charge in [-0.05, 0) is 18.4 Å². The maximum atomic E-state index is 9.48. The highest BCUT2D eigenvalue weighted by atomic mass is 17.1. The van der Waals surface area contributed by atoms with Gasteiger partial charge in [-0.25, -0.2) is 4.89 Å². The van der Waals surface area contributed by atoms with Gasteiger partial charge in [0.1, 0.15) is 0 Å². The highest BCUT2D eigenvalue weighted by molar-refractivity contribution is 5.23. The van der Waals surface area contributed by atoms with Gasteiger partial charge in [0, 0.05) is 13.2 Å². The van der Waals surface area contributed by atoms with E-state index in [9.17, 15) is 5.26 Å². The van der Waals surface area contributed by atoms with Gasteiger partial charge in [0.25, 0.3) is 0 Å². The van der Waals surface area contributed by atoms with Gasteiger partial charge in [0.2, 0.25) is 0 Å². The van der Waals surface area contributed by atoms with Gasteiger partial charge in [0.05, 0.1) is 13.2 Å². The molecule has 120 valence electrons. The second-order valence-corrected chi connectivity index (χ2v) is 5.26. The average molecular weight is 296 g/mol. The van der Waals surface area contributed by atoms with E-state index in [1.165, 1.54) is 0 Å². The normalized spacial score (nSPS) is 11.8. The van der Waals surface area contributed by atoms with Gasteiger partial charge in [0.15, 0.2) is 5.60 Å². The van der Waals surface area contributed by atoms with Crippen LogP contribution in [0.15, 0.2) is 30.3 Å². The van der Waals surface area contributed by atoms with Crippen molar-refractivity contribution >= 4 is 0 Å². The summed E-state index contributed by atoms with van der Waals surface area (Å²) >= 11 is 0. The van der Waals surface area contributed by atoms with E-state index in [0.717, 1.165) is 31.2 Å². The first-order chi connectivity index (χ1) is 10.3. The molecular formula is C17H28O4. The predicted octanol–water partition coefficient (Wildman–Crippen LogP) is 4.00. The third-order valence-corrected chi connectivity index (χ3v) is 3.43. The Bertz CT molecular complexity index is 341. The van der Waals surface area contributed by atoms with Crippen molar-refractivity contribution < 1.29 is 19.6 Å². The summed E-state index contributed by atoms with van der Waals surface area (Å²) in [6.07, 6.45) is 4.14. The zero-order chi connectivity index (χ0) is 15.4. The van der Waals surface area contributed by atoms with E-state index in [4.69, 9.17) is 14.4 Å². The van der Waals surface area contributed by atoms with Gasteiger partial charge in [-0.15, -0.1) is 0 Å². The summed E-state index contributed by atoms with van der Waals surface area (Å²) < 4.78 is 11.4. The monoisotopic (exact) mass is 296 g/mol. The maximum absolute atomic E-state index is 9.48. The lowest BCUT2D eigenvalue weighted by Gasteiger charge is -2.30. The molecule has 0 spiro atoms. The summed E-state index contributed by atoms with van der Waals surface area (Å²) in [6.45, 7) is 6.10. The number of benzene rings is 1. The van der Waals surface area contributed by atoms with Crippen molar-refractivity contribution in [3.63, 3.8) is 0 Å². The van der Waals surface area contributed by atoms with E-state index in [-0.39, 0.29) is 13.2 Å². The van der Waals surface area contributed by atoms with Crippen LogP contribution in [0.4, 0.5) is 0 Å². The second-order valence-electron chi connectivity index (χ2n) is 5.26. The summed E-state index contributed by atoms with van der Waals surface area (Å²) in [7, 11) is 0. The molecule has 4 heteroatoms. The van der Waals surface area contributed by atoms with Crippen molar-refractivity contribution in [2.24, 2.45) is 0 Å². The molecule has 0 saturated heterocycles. The third kappa shape index (κ3) is 6.14. The fourth-order valence-electron chi connectivity index (χ4n) is 2.02. The molecule has 21 heavy (non-hydrogen) atoms. The standard InChI is InChI=1S/C17H28O4/c1-3-5-12-19-14-17(21-18,15-20-13-6-4-2)16-10-8-7-9-11-16/h7-11,18H,3-6,12-15H2,1-2H3. The minimum Gasteiger partial charge on any atom is -0.378 e. The molecule has 0 heterocycles. The van der Waals surface area contributed by atoms with E-state index >= 15 is 0 Å². The van der Waals surface area contributed by atoms with Gasteiger partial charge in [-0.1, -0.05) is 57.0 Å². The number of ether oxygens (including phenoxy) is 2. The molecule has 0 aliphatic heterocycles. The summed E-state index contributed by atoms with van der Waals surface area (Å²) in [5.41, 5.74) is -0.0940. The lowest BCUT2D eigenvalue weighted by atomic mass is 9.95. The van der Waals surface area contributed by atoms with Crippen molar-refractivity contribution in [3.8, 4) is 0 Å². The summed E-state index contributed by atoms with van der Waals surface area (Å²) in [5, 5.41) is 9.48. The predicted molar refractivity (Wildman–Crippen MR) is 83.3 cm³/mol. The lowest BCUT2D eigenvalue weighted by Crippen LogP contribution is -2.39. The van der Waals surface area contributed by atoms with Crippen LogP contribution >= 0.6 is 0 Å². The van der Waals surface area contributed by atoms with Crippen LogP contribution in [0.2, 0.25) is 0 Å². The SMILES string of the molecule is CCCCOCC(COCCCC)(OO)c1ccccc1. The molecule has 1 N–H and O–H groups in total. The Morgan fingerprint density at radius 3 is 1.86 bits per heavy atom.